The fraction of sp³-hybridized carbons (Fsp3) is 0.700. The first-order valence-corrected chi connectivity index (χ1v) is 9.60. The van der Waals surface area contributed by atoms with E-state index in [0.29, 0.717) is 12.3 Å². The third-order valence-electron chi connectivity index (χ3n) is 5.81. The number of carbonyl (C=O) groups is 1. The molecule has 132 valence electrons. The zero-order chi connectivity index (χ0) is 16.9. The Morgan fingerprint density at radius 2 is 2.17 bits per heavy atom. The molecule has 2 saturated heterocycles. The number of carbonyl (C=O) groups excluding carboxylic acids is 1. The monoisotopic (exact) mass is 329 g/mol. The van der Waals surface area contributed by atoms with E-state index >= 15 is 0 Å². The Bertz CT molecular complexity index is 558. The number of aromatic nitrogens is 1. The van der Waals surface area contributed by atoms with Crippen LogP contribution in [-0.4, -0.2) is 34.9 Å². The van der Waals surface area contributed by atoms with Crippen LogP contribution in [0.2, 0.25) is 0 Å². The quantitative estimate of drug-likeness (QED) is 0.897. The normalized spacial score (nSPS) is 25.8. The summed E-state index contributed by atoms with van der Waals surface area (Å²) in [5.41, 5.74) is 2.11. The van der Waals surface area contributed by atoms with Gasteiger partial charge in [-0.2, -0.15) is 0 Å². The average Bonchev–Trinajstić information content (AvgIpc) is 2.60. The molecule has 1 amide bonds. The van der Waals surface area contributed by atoms with E-state index in [2.05, 4.69) is 15.2 Å². The highest BCUT2D eigenvalue weighted by Gasteiger charge is 2.32. The van der Waals surface area contributed by atoms with Crippen LogP contribution in [-0.2, 0) is 4.79 Å². The summed E-state index contributed by atoms with van der Waals surface area (Å²) >= 11 is 0. The minimum atomic E-state index is -0.0174. The van der Waals surface area contributed by atoms with Gasteiger partial charge in [0.1, 0.15) is 0 Å². The molecule has 3 atom stereocenters. The molecule has 1 aromatic heterocycles. The van der Waals surface area contributed by atoms with Crippen molar-refractivity contribution < 1.29 is 4.79 Å². The molecule has 24 heavy (non-hydrogen) atoms. The van der Waals surface area contributed by atoms with E-state index in [1.807, 2.05) is 26.0 Å². The second-order valence-corrected chi connectivity index (χ2v) is 7.53. The second kappa shape index (κ2) is 8.11. The third kappa shape index (κ3) is 4.15. The number of hydrogen-bond donors (Lipinski definition) is 1. The van der Waals surface area contributed by atoms with Crippen molar-refractivity contribution in [2.45, 2.75) is 70.9 Å². The minimum absolute atomic E-state index is 0.0174. The predicted molar refractivity (Wildman–Crippen MR) is 96.7 cm³/mol. The summed E-state index contributed by atoms with van der Waals surface area (Å²) in [4.78, 5) is 19.5. The van der Waals surface area contributed by atoms with Crippen molar-refractivity contribution in [2.24, 2.45) is 5.92 Å². The average molecular weight is 329 g/mol. The van der Waals surface area contributed by atoms with Crippen molar-refractivity contribution in [2.75, 3.05) is 13.1 Å². The molecule has 4 heteroatoms. The van der Waals surface area contributed by atoms with E-state index in [0.717, 1.165) is 23.7 Å². The topological polar surface area (TPSA) is 45.2 Å². The molecular formula is C20H31N3O. The highest BCUT2D eigenvalue weighted by atomic mass is 16.1. The fourth-order valence-electron chi connectivity index (χ4n) is 4.56. The van der Waals surface area contributed by atoms with Crippen LogP contribution in [0.5, 0.6) is 0 Å². The zero-order valence-corrected chi connectivity index (χ0v) is 15.1. The van der Waals surface area contributed by atoms with E-state index < -0.39 is 0 Å². The smallest absolute Gasteiger partial charge is 0.220 e. The van der Waals surface area contributed by atoms with Crippen molar-refractivity contribution in [1.82, 2.24) is 15.2 Å². The number of aryl methyl sites for hydroxylation is 1. The first-order chi connectivity index (χ1) is 11.6. The van der Waals surface area contributed by atoms with Gasteiger partial charge in [-0.3, -0.25) is 9.78 Å². The van der Waals surface area contributed by atoms with Gasteiger partial charge in [0.2, 0.25) is 5.91 Å². The molecule has 2 aliphatic rings. The second-order valence-electron chi connectivity index (χ2n) is 7.53. The molecule has 4 nitrogen and oxygen atoms in total. The Labute approximate surface area is 146 Å². The SMILES string of the molecule is Cc1cccnc1[C@H](C)NC(=O)CC[C@@H]1CCCN2CCCC[C@H]12. The van der Waals surface area contributed by atoms with Crippen LogP contribution in [0.1, 0.15) is 69.2 Å². The molecule has 0 aromatic carbocycles. The molecule has 0 saturated carbocycles. The van der Waals surface area contributed by atoms with Crippen LogP contribution < -0.4 is 5.32 Å². The molecule has 0 spiro atoms. The maximum atomic E-state index is 12.4. The lowest BCUT2D eigenvalue weighted by molar-refractivity contribution is -0.122. The Hall–Kier alpha value is -1.42. The van der Waals surface area contributed by atoms with Crippen LogP contribution >= 0.6 is 0 Å². The standard InChI is InChI=1S/C20H31N3O/c1-15-7-5-12-21-20(15)16(2)22-19(24)11-10-17-8-6-14-23-13-4-3-9-18(17)23/h5,7,12,16-18H,3-4,6,8-11,13-14H2,1-2H3,(H,22,24)/t16-,17-,18+/m0/s1. The van der Waals surface area contributed by atoms with Gasteiger partial charge in [-0.25, -0.2) is 0 Å². The Morgan fingerprint density at radius 3 is 3.00 bits per heavy atom. The lowest BCUT2D eigenvalue weighted by atomic mass is 9.81. The van der Waals surface area contributed by atoms with Gasteiger partial charge in [0.05, 0.1) is 11.7 Å². The number of rotatable bonds is 5. The Kier molecular flexibility index (Phi) is 5.88. The highest BCUT2D eigenvalue weighted by molar-refractivity contribution is 5.76. The van der Waals surface area contributed by atoms with Gasteiger partial charge in [-0.05, 0) is 76.6 Å². The number of pyridine rings is 1. The van der Waals surface area contributed by atoms with Crippen molar-refractivity contribution in [3.05, 3.63) is 29.6 Å². The summed E-state index contributed by atoms with van der Waals surface area (Å²) in [6.07, 6.45) is 10.1. The maximum absolute atomic E-state index is 12.4. The number of fused-ring (bicyclic) bond motifs is 1. The molecule has 2 fully saturated rings. The largest absolute Gasteiger partial charge is 0.348 e. The van der Waals surface area contributed by atoms with Gasteiger partial charge >= 0.3 is 0 Å². The van der Waals surface area contributed by atoms with E-state index in [4.69, 9.17) is 0 Å². The third-order valence-corrected chi connectivity index (χ3v) is 5.81. The molecule has 0 unspecified atom stereocenters. The van der Waals surface area contributed by atoms with Gasteiger partial charge in [-0.1, -0.05) is 12.5 Å². The van der Waals surface area contributed by atoms with Gasteiger partial charge in [0.25, 0.3) is 0 Å². The number of nitrogens with zero attached hydrogens (tertiary/aromatic N) is 2. The van der Waals surface area contributed by atoms with Crippen molar-refractivity contribution in [3.63, 3.8) is 0 Å². The van der Waals surface area contributed by atoms with Crippen molar-refractivity contribution in [3.8, 4) is 0 Å². The summed E-state index contributed by atoms with van der Waals surface area (Å²) in [5, 5.41) is 3.13. The van der Waals surface area contributed by atoms with E-state index in [-0.39, 0.29) is 11.9 Å². The van der Waals surface area contributed by atoms with E-state index in [1.165, 1.54) is 45.2 Å². The van der Waals surface area contributed by atoms with E-state index in [1.54, 1.807) is 6.20 Å². The van der Waals surface area contributed by atoms with Crippen LogP contribution in [0, 0.1) is 12.8 Å². The summed E-state index contributed by atoms with van der Waals surface area (Å²) in [6.45, 7) is 6.61. The van der Waals surface area contributed by atoms with Gasteiger partial charge < -0.3 is 10.2 Å². The number of nitrogens with one attached hydrogen (secondary N) is 1. The van der Waals surface area contributed by atoms with Gasteiger partial charge in [0, 0.05) is 18.7 Å². The van der Waals surface area contributed by atoms with Crippen LogP contribution in [0.3, 0.4) is 0 Å². The first kappa shape index (κ1) is 17.4. The summed E-state index contributed by atoms with van der Waals surface area (Å²) < 4.78 is 0. The number of piperidine rings is 2. The molecule has 1 aromatic rings. The molecule has 3 heterocycles. The molecule has 0 radical (unpaired) electrons. The van der Waals surface area contributed by atoms with Crippen molar-refractivity contribution in [1.29, 1.82) is 0 Å². The van der Waals surface area contributed by atoms with Gasteiger partial charge in [-0.15, -0.1) is 0 Å². The molecule has 0 aliphatic carbocycles. The predicted octanol–water partition coefficient (Wildman–Crippen LogP) is 3.61. The zero-order valence-electron chi connectivity index (χ0n) is 15.1. The Balaban J connectivity index is 1.49. The lowest BCUT2D eigenvalue weighted by Gasteiger charge is -2.44. The van der Waals surface area contributed by atoms with Crippen LogP contribution in [0.25, 0.3) is 0 Å². The van der Waals surface area contributed by atoms with Crippen molar-refractivity contribution >= 4 is 5.91 Å². The molecule has 2 aliphatic heterocycles. The molecule has 1 N–H and O–H groups in total. The molecule has 3 rings (SSSR count). The van der Waals surface area contributed by atoms with Crippen LogP contribution in [0.4, 0.5) is 0 Å². The Morgan fingerprint density at radius 1 is 1.33 bits per heavy atom. The van der Waals surface area contributed by atoms with Crippen LogP contribution in [0.15, 0.2) is 18.3 Å². The van der Waals surface area contributed by atoms with Gasteiger partial charge in [0.15, 0.2) is 0 Å². The number of hydrogen-bond acceptors (Lipinski definition) is 3. The van der Waals surface area contributed by atoms with E-state index in [9.17, 15) is 4.79 Å². The minimum Gasteiger partial charge on any atom is -0.348 e. The highest BCUT2D eigenvalue weighted by Crippen LogP contribution is 2.33. The first-order valence-electron chi connectivity index (χ1n) is 9.60. The summed E-state index contributed by atoms with van der Waals surface area (Å²) in [5.74, 6) is 0.872. The molecular weight excluding hydrogens is 298 g/mol. The summed E-state index contributed by atoms with van der Waals surface area (Å²) in [6, 6.07) is 4.70. The lowest BCUT2D eigenvalue weighted by Crippen LogP contribution is -2.48. The number of amides is 1. The summed E-state index contributed by atoms with van der Waals surface area (Å²) in [7, 11) is 0. The molecule has 0 bridgehead atoms. The fourth-order valence-corrected chi connectivity index (χ4v) is 4.56. The maximum Gasteiger partial charge on any atom is 0.220 e.